The average Bonchev–Trinajstić information content (AvgIpc) is 2.83. The van der Waals surface area contributed by atoms with Gasteiger partial charge in [0.2, 0.25) is 5.82 Å². The van der Waals surface area contributed by atoms with Crippen molar-refractivity contribution in [2.24, 2.45) is 0 Å². The fourth-order valence-corrected chi connectivity index (χ4v) is 4.21. The first kappa shape index (κ1) is 21.9. The van der Waals surface area contributed by atoms with Gasteiger partial charge in [0.05, 0.1) is 5.56 Å². The first-order valence-electron chi connectivity index (χ1n) is 9.82. The van der Waals surface area contributed by atoms with Gasteiger partial charge in [0, 0.05) is 5.56 Å². The van der Waals surface area contributed by atoms with Crippen LogP contribution in [-0.4, -0.2) is 0 Å². The molecule has 0 saturated heterocycles. The Morgan fingerprint density at radius 1 is 0.382 bits per heavy atom. The van der Waals surface area contributed by atoms with E-state index in [-0.39, 0.29) is 38.2 Å². The second-order valence-corrected chi connectivity index (χ2v) is 7.56. The van der Waals surface area contributed by atoms with E-state index in [0.717, 1.165) is 30.3 Å². The van der Waals surface area contributed by atoms with Crippen LogP contribution in [0, 0.1) is 46.5 Å². The van der Waals surface area contributed by atoms with Crippen LogP contribution in [0.4, 0.5) is 35.1 Å². The van der Waals surface area contributed by atoms with E-state index >= 15 is 0 Å². The van der Waals surface area contributed by atoms with Gasteiger partial charge in [-0.3, -0.25) is 0 Å². The summed E-state index contributed by atoms with van der Waals surface area (Å²) in [7, 11) is 0. The maximum atomic E-state index is 14.9. The molecular weight excluding hydrogens is 464 g/mol. The maximum absolute atomic E-state index is 14.9. The van der Waals surface area contributed by atoms with Gasteiger partial charge in [0.25, 0.3) is 0 Å². The fourth-order valence-electron chi connectivity index (χ4n) is 4.21. The van der Waals surface area contributed by atoms with E-state index in [0.29, 0.717) is 0 Å². The molecule has 5 rings (SSSR count). The summed E-state index contributed by atoms with van der Waals surface area (Å²) in [4.78, 5) is 0. The molecule has 0 amide bonds. The van der Waals surface area contributed by atoms with Crippen LogP contribution in [0.3, 0.4) is 0 Å². The van der Waals surface area contributed by atoms with E-state index in [9.17, 15) is 35.1 Å². The third kappa shape index (κ3) is 3.13. The average molecular weight is 474 g/mol. The summed E-state index contributed by atoms with van der Waals surface area (Å²) < 4.78 is 114. The minimum Gasteiger partial charge on any atom is -0.207 e. The van der Waals surface area contributed by atoms with E-state index in [2.05, 4.69) is 0 Å². The van der Waals surface area contributed by atoms with Gasteiger partial charge >= 0.3 is 0 Å². The van der Waals surface area contributed by atoms with Crippen molar-refractivity contribution in [1.29, 1.82) is 0 Å². The Hall–Kier alpha value is -3.94. The highest BCUT2D eigenvalue weighted by molar-refractivity contribution is 6.21. The molecular formula is C26H10F8. The van der Waals surface area contributed by atoms with Crippen LogP contribution >= 0.6 is 0 Å². The summed E-state index contributed by atoms with van der Waals surface area (Å²) in [5, 5.41) is 0.210. The van der Waals surface area contributed by atoms with Crippen molar-refractivity contribution in [3.63, 3.8) is 0 Å². The summed E-state index contributed by atoms with van der Waals surface area (Å²) >= 11 is 0. The van der Waals surface area contributed by atoms with Gasteiger partial charge in [-0.15, -0.1) is 0 Å². The van der Waals surface area contributed by atoms with Crippen LogP contribution in [0.15, 0.2) is 60.7 Å². The molecule has 0 heterocycles. The van der Waals surface area contributed by atoms with Gasteiger partial charge in [-0.1, -0.05) is 36.4 Å². The van der Waals surface area contributed by atoms with Gasteiger partial charge in [-0.25, -0.2) is 35.1 Å². The van der Waals surface area contributed by atoms with Crippen LogP contribution in [-0.2, 0) is 0 Å². The van der Waals surface area contributed by atoms with E-state index in [4.69, 9.17) is 0 Å². The van der Waals surface area contributed by atoms with Gasteiger partial charge in [-0.05, 0) is 56.9 Å². The molecule has 0 fully saturated rings. The molecule has 34 heavy (non-hydrogen) atoms. The van der Waals surface area contributed by atoms with Crippen LogP contribution in [0.5, 0.6) is 0 Å². The fraction of sp³-hybridized carbons (Fsp3) is 0. The third-order valence-corrected chi connectivity index (χ3v) is 5.65. The highest BCUT2D eigenvalue weighted by Crippen LogP contribution is 2.46. The normalized spacial score (nSPS) is 11.5. The van der Waals surface area contributed by atoms with Crippen molar-refractivity contribution in [2.45, 2.75) is 0 Å². The summed E-state index contributed by atoms with van der Waals surface area (Å²) in [5.74, 6) is -13.7. The van der Waals surface area contributed by atoms with Crippen molar-refractivity contribution >= 4 is 21.5 Å². The SMILES string of the molecule is Fc1ccc2c(-c3c(F)c(F)c(F)c(F)c3F)c3ccccc3c(-c3ccc(F)c(F)c3)c2c1. The summed E-state index contributed by atoms with van der Waals surface area (Å²) in [5.41, 5.74) is -1.22. The van der Waals surface area contributed by atoms with E-state index in [1.807, 2.05) is 0 Å². The topological polar surface area (TPSA) is 0 Å². The Kier molecular flexibility index (Phi) is 5.04. The molecule has 0 radical (unpaired) electrons. The molecule has 0 atom stereocenters. The van der Waals surface area contributed by atoms with Crippen LogP contribution in [0.1, 0.15) is 0 Å². The lowest BCUT2D eigenvalue weighted by Gasteiger charge is -2.19. The predicted molar refractivity (Wildman–Crippen MR) is 112 cm³/mol. The standard InChI is InChI=1S/C26H10F8/c27-12-6-7-15-16(10-12)19(11-5-8-17(28)18(29)9-11)13-3-1-2-4-14(13)20(15)21-22(30)24(32)26(34)25(33)23(21)31/h1-10H. The molecule has 0 unspecified atom stereocenters. The zero-order valence-electron chi connectivity index (χ0n) is 16.8. The minimum atomic E-state index is -2.31. The quantitative estimate of drug-likeness (QED) is 0.104. The van der Waals surface area contributed by atoms with Crippen LogP contribution < -0.4 is 0 Å². The molecule has 0 spiro atoms. The summed E-state index contributed by atoms with van der Waals surface area (Å²) in [6.45, 7) is 0. The van der Waals surface area contributed by atoms with Gasteiger partial charge in [-0.2, -0.15) is 0 Å². The molecule has 0 aliphatic carbocycles. The smallest absolute Gasteiger partial charge is 0.200 e. The molecule has 170 valence electrons. The molecule has 8 heteroatoms. The van der Waals surface area contributed by atoms with Gasteiger partial charge in [0.15, 0.2) is 34.9 Å². The zero-order valence-corrected chi connectivity index (χ0v) is 16.8. The Labute approximate surface area is 186 Å². The first-order valence-corrected chi connectivity index (χ1v) is 9.82. The number of hydrogen-bond acceptors (Lipinski definition) is 0. The highest BCUT2D eigenvalue weighted by atomic mass is 19.2. The summed E-state index contributed by atoms with van der Waals surface area (Å²) in [6.07, 6.45) is 0. The van der Waals surface area contributed by atoms with E-state index < -0.39 is 52.1 Å². The lowest BCUT2D eigenvalue weighted by molar-refractivity contribution is 0.381. The second kappa shape index (κ2) is 7.83. The molecule has 0 aliphatic rings. The number of halogens is 8. The van der Waals surface area contributed by atoms with Crippen LogP contribution in [0.2, 0.25) is 0 Å². The maximum Gasteiger partial charge on any atom is 0.200 e. The number of rotatable bonds is 2. The monoisotopic (exact) mass is 474 g/mol. The number of fused-ring (bicyclic) bond motifs is 2. The minimum absolute atomic E-state index is 0.00338. The highest BCUT2D eigenvalue weighted by Gasteiger charge is 2.29. The first-order chi connectivity index (χ1) is 16.2. The molecule has 0 nitrogen and oxygen atoms in total. The zero-order chi connectivity index (χ0) is 24.3. The Morgan fingerprint density at radius 2 is 0.941 bits per heavy atom. The van der Waals surface area contributed by atoms with Crippen molar-refractivity contribution in [1.82, 2.24) is 0 Å². The molecule has 5 aromatic carbocycles. The Balaban J connectivity index is 2.05. The largest absolute Gasteiger partial charge is 0.207 e. The molecule has 0 saturated carbocycles. The third-order valence-electron chi connectivity index (χ3n) is 5.65. The van der Waals surface area contributed by atoms with Gasteiger partial charge in [0.1, 0.15) is 5.82 Å². The van der Waals surface area contributed by atoms with Crippen molar-refractivity contribution < 1.29 is 35.1 Å². The molecule has 0 N–H and O–H groups in total. The number of benzene rings is 5. The molecule has 0 aliphatic heterocycles. The molecule has 0 bridgehead atoms. The van der Waals surface area contributed by atoms with E-state index in [1.165, 1.54) is 30.3 Å². The lowest BCUT2D eigenvalue weighted by atomic mass is 9.85. The van der Waals surface area contributed by atoms with Crippen molar-refractivity contribution in [3.05, 3.63) is 107 Å². The second-order valence-electron chi connectivity index (χ2n) is 7.56. The Morgan fingerprint density at radius 3 is 1.56 bits per heavy atom. The summed E-state index contributed by atoms with van der Waals surface area (Å²) in [6, 6.07) is 11.9. The number of hydrogen-bond donors (Lipinski definition) is 0. The Bertz CT molecular complexity index is 1610. The lowest BCUT2D eigenvalue weighted by Crippen LogP contribution is -2.05. The predicted octanol–water partition coefficient (Wildman–Crippen LogP) is 8.44. The van der Waals surface area contributed by atoms with Crippen LogP contribution in [0.25, 0.3) is 43.8 Å². The van der Waals surface area contributed by atoms with Crippen molar-refractivity contribution in [3.8, 4) is 22.3 Å². The molecule has 5 aromatic rings. The molecule has 0 aromatic heterocycles. The van der Waals surface area contributed by atoms with Gasteiger partial charge < -0.3 is 0 Å². The van der Waals surface area contributed by atoms with E-state index in [1.54, 1.807) is 0 Å². The van der Waals surface area contributed by atoms with Crippen molar-refractivity contribution in [2.75, 3.05) is 0 Å².